The number of anilines is 1. The molecule has 0 amide bonds. The zero-order chi connectivity index (χ0) is 11.3. The summed E-state index contributed by atoms with van der Waals surface area (Å²) in [7, 11) is 1.35. The minimum atomic E-state index is -0.367. The van der Waals surface area contributed by atoms with Crippen molar-refractivity contribution in [3.8, 4) is 0 Å². The second-order valence-corrected chi connectivity index (χ2v) is 3.88. The fourth-order valence-electron chi connectivity index (χ4n) is 0.987. The highest BCUT2D eigenvalue weighted by Gasteiger charge is 2.00. The summed E-state index contributed by atoms with van der Waals surface area (Å²) >= 11 is 1.40. The number of methoxy groups -OCH3 is 1. The summed E-state index contributed by atoms with van der Waals surface area (Å²) in [5, 5.41) is 1.66. The molecule has 1 aromatic rings. The van der Waals surface area contributed by atoms with Crippen LogP contribution in [0.25, 0.3) is 0 Å². The number of aryl methyl sites for hydroxylation is 1. The Bertz CT molecular complexity index is 388. The molecular weight excluding hydrogens is 210 g/mol. The largest absolute Gasteiger partial charge is 0.466 e. The van der Waals surface area contributed by atoms with Crippen LogP contribution in [-0.2, 0) is 9.53 Å². The molecule has 0 aliphatic rings. The smallest absolute Gasteiger partial charge is 0.330 e. The molecule has 0 fully saturated rings. The SMILES string of the molecule is COC(=O)C=CSc1cccc(C)c1N. The van der Waals surface area contributed by atoms with Gasteiger partial charge >= 0.3 is 5.97 Å². The van der Waals surface area contributed by atoms with Gasteiger partial charge in [-0.05, 0) is 24.0 Å². The number of hydrogen-bond donors (Lipinski definition) is 1. The lowest BCUT2D eigenvalue weighted by molar-refractivity contribution is -0.134. The van der Waals surface area contributed by atoms with Gasteiger partial charge in [0, 0.05) is 16.7 Å². The summed E-state index contributed by atoms with van der Waals surface area (Å²) in [6.45, 7) is 1.95. The van der Waals surface area contributed by atoms with E-state index in [0.29, 0.717) is 0 Å². The number of ether oxygens (including phenoxy) is 1. The van der Waals surface area contributed by atoms with E-state index in [0.717, 1.165) is 16.1 Å². The van der Waals surface area contributed by atoms with E-state index in [1.165, 1.54) is 24.9 Å². The molecule has 0 spiro atoms. The molecule has 0 aliphatic heterocycles. The summed E-state index contributed by atoms with van der Waals surface area (Å²) < 4.78 is 4.47. The van der Waals surface area contributed by atoms with Crippen molar-refractivity contribution in [1.29, 1.82) is 0 Å². The van der Waals surface area contributed by atoms with Crippen molar-refractivity contribution in [2.45, 2.75) is 11.8 Å². The van der Waals surface area contributed by atoms with Gasteiger partial charge in [0.1, 0.15) is 0 Å². The molecule has 0 aromatic heterocycles. The van der Waals surface area contributed by atoms with E-state index >= 15 is 0 Å². The highest BCUT2D eigenvalue weighted by molar-refractivity contribution is 8.02. The van der Waals surface area contributed by atoms with Crippen LogP contribution in [0.2, 0.25) is 0 Å². The Balaban J connectivity index is 2.70. The van der Waals surface area contributed by atoms with Crippen molar-refractivity contribution in [3.63, 3.8) is 0 Å². The number of carbonyl (C=O) groups excluding carboxylic acids is 1. The van der Waals surface area contributed by atoms with Crippen molar-refractivity contribution < 1.29 is 9.53 Å². The lowest BCUT2D eigenvalue weighted by Gasteiger charge is -2.04. The minimum absolute atomic E-state index is 0.367. The molecule has 0 unspecified atom stereocenters. The fraction of sp³-hybridized carbons (Fsp3) is 0.182. The normalized spacial score (nSPS) is 10.5. The first-order valence-corrected chi connectivity index (χ1v) is 5.29. The lowest BCUT2D eigenvalue weighted by atomic mass is 10.2. The molecule has 3 nitrogen and oxygen atoms in total. The maximum atomic E-state index is 10.8. The number of nitrogen functional groups attached to an aromatic ring is 1. The van der Waals surface area contributed by atoms with Crippen molar-refractivity contribution in [1.82, 2.24) is 0 Å². The summed E-state index contributed by atoms with van der Waals surface area (Å²) in [6.07, 6.45) is 1.37. The first-order chi connectivity index (χ1) is 7.15. The molecule has 0 saturated carbocycles. The molecule has 0 aliphatic carbocycles. The van der Waals surface area contributed by atoms with Crippen LogP contribution in [0.15, 0.2) is 34.6 Å². The van der Waals surface area contributed by atoms with E-state index in [4.69, 9.17) is 5.73 Å². The van der Waals surface area contributed by atoms with Gasteiger partial charge in [-0.3, -0.25) is 0 Å². The molecule has 4 heteroatoms. The third kappa shape index (κ3) is 3.32. The van der Waals surface area contributed by atoms with Crippen molar-refractivity contribution in [3.05, 3.63) is 35.2 Å². The standard InChI is InChI=1S/C11H13NO2S/c1-8-4-3-5-9(11(8)12)15-7-6-10(13)14-2/h3-7H,12H2,1-2H3. The number of hydrogen-bond acceptors (Lipinski definition) is 4. The minimum Gasteiger partial charge on any atom is -0.466 e. The second-order valence-electron chi connectivity index (χ2n) is 2.93. The fourth-order valence-corrected chi connectivity index (χ4v) is 1.76. The van der Waals surface area contributed by atoms with Gasteiger partial charge in [0.2, 0.25) is 0 Å². The van der Waals surface area contributed by atoms with Crippen LogP contribution in [-0.4, -0.2) is 13.1 Å². The molecule has 1 rings (SSSR count). The topological polar surface area (TPSA) is 52.3 Å². The van der Waals surface area contributed by atoms with Crippen molar-refractivity contribution >= 4 is 23.4 Å². The Labute approximate surface area is 93.3 Å². The van der Waals surface area contributed by atoms with Gasteiger partial charge in [0.05, 0.1) is 7.11 Å². The van der Waals surface area contributed by atoms with E-state index in [9.17, 15) is 4.79 Å². The van der Waals surface area contributed by atoms with Gasteiger partial charge < -0.3 is 10.5 Å². The summed E-state index contributed by atoms with van der Waals surface area (Å²) in [4.78, 5) is 11.7. The van der Waals surface area contributed by atoms with Crippen LogP contribution < -0.4 is 5.73 Å². The Morgan fingerprint density at radius 2 is 2.27 bits per heavy atom. The second kappa shape index (κ2) is 5.46. The third-order valence-electron chi connectivity index (χ3n) is 1.88. The Kier molecular flexibility index (Phi) is 4.24. The Morgan fingerprint density at radius 3 is 2.93 bits per heavy atom. The molecule has 0 heterocycles. The van der Waals surface area contributed by atoms with Crippen molar-refractivity contribution in [2.75, 3.05) is 12.8 Å². The van der Waals surface area contributed by atoms with Gasteiger partial charge in [0.25, 0.3) is 0 Å². The molecule has 15 heavy (non-hydrogen) atoms. The molecule has 0 atom stereocenters. The molecule has 1 aromatic carbocycles. The summed E-state index contributed by atoms with van der Waals surface area (Å²) in [5.41, 5.74) is 7.64. The third-order valence-corrected chi connectivity index (χ3v) is 2.77. The number of benzene rings is 1. The average Bonchev–Trinajstić information content (AvgIpc) is 2.24. The van der Waals surface area contributed by atoms with Crippen LogP contribution in [0.4, 0.5) is 5.69 Å². The molecule has 0 bridgehead atoms. The maximum absolute atomic E-state index is 10.8. The molecule has 0 radical (unpaired) electrons. The predicted molar refractivity (Wildman–Crippen MR) is 62.6 cm³/mol. The highest BCUT2D eigenvalue weighted by Crippen LogP contribution is 2.27. The van der Waals surface area contributed by atoms with Gasteiger partial charge in [-0.25, -0.2) is 4.79 Å². The van der Waals surface area contributed by atoms with Gasteiger partial charge in [-0.2, -0.15) is 0 Å². The Morgan fingerprint density at radius 1 is 1.53 bits per heavy atom. The average molecular weight is 223 g/mol. The molecular formula is C11H13NO2S. The van der Waals surface area contributed by atoms with E-state index in [-0.39, 0.29) is 5.97 Å². The quantitative estimate of drug-likeness (QED) is 0.370. The van der Waals surface area contributed by atoms with Crippen LogP contribution in [0, 0.1) is 6.92 Å². The van der Waals surface area contributed by atoms with Crippen LogP contribution in [0.3, 0.4) is 0 Å². The van der Waals surface area contributed by atoms with E-state index in [2.05, 4.69) is 4.74 Å². The summed E-state index contributed by atoms with van der Waals surface area (Å²) in [5.74, 6) is -0.367. The molecule has 0 saturated heterocycles. The number of esters is 1. The highest BCUT2D eigenvalue weighted by atomic mass is 32.2. The van der Waals surface area contributed by atoms with Crippen LogP contribution in [0.5, 0.6) is 0 Å². The van der Waals surface area contributed by atoms with E-state index in [1.807, 2.05) is 25.1 Å². The van der Waals surface area contributed by atoms with Gasteiger partial charge in [-0.15, -0.1) is 0 Å². The number of nitrogens with two attached hydrogens (primary N) is 1. The van der Waals surface area contributed by atoms with E-state index in [1.54, 1.807) is 5.41 Å². The van der Waals surface area contributed by atoms with Crippen LogP contribution >= 0.6 is 11.8 Å². The maximum Gasteiger partial charge on any atom is 0.330 e. The summed E-state index contributed by atoms with van der Waals surface area (Å²) in [6, 6.07) is 5.79. The zero-order valence-corrected chi connectivity index (χ0v) is 9.51. The predicted octanol–water partition coefficient (Wildman–Crippen LogP) is 2.36. The zero-order valence-electron chi connectivity index (χ0n) is 8.69. The first kappa shape index (κ1) is 11.7. The molecule has 2 N–H and O–H groups in total. The number of thioether (sulfide) groups is 1. The number of rotatable bonds is 3. The lowest BCUT2D eigenvalue weighted by Crippen LogP contribution is -1.93. The molecule has 80 valence electrons. The number of carbonyl (C=O) groups is 1. The van der Waals surface area contributed by atoms with Gasteiger partial charge in [-0.1, -0.05) is 23.9 Å². The van der Waals surface area contributed by atoms with Gasteiger partial charge in [0.15, 0.2) is 0 Å². The van der Waals surface area contributed by atoms with Crippen molar-refractivity contribution in [2.24, 2.45) is 0 Å². The Hall–Kier alpha value is -1.42. The number of para-hydroxylation sites is 1. The van der Waals surface area contributed by atoms with Crippen LogP contribution in [0.1, 0.15) is 5.56 Å². The first-order valence-electron chi connectivity index (χ1n) is 4.41. The monoisotopic (exact) mass is 223 g/mol. The van der Waals surface area contributed by atoms with E-state index < -0.39 is 0 Å².